The van der Waals surface area contributed by atoms with Crippen LogP contribution in [0.4, 0.5) is 4.39 Å². The van der Waals surface area contributed by atoms with Crippen LogP contribution in [0.25, 0.3) is 5.69 Å². The van der Waals surface area contributed by atoms with Crippen LogP contribution >= 0.6 is 11.8 Å². The Hall–Kier alpha value is -3.00. The van der Waals surface area contributed by atoms with Crippen LogP contribution in [0.2, 0.25) is 0 Å². The van der Waals surface area contributed by atoms with Crippen LogP contribution in [-0.2, 0) is 17.6 Å². The number of ketones is 1. The highest BCUT2D eigenvalue weighted by molar-refractivity contribution is 7.99. The maximum absolute atomic E-state index is 13.4. The van der Waals surface area contributed by atoms with E-state index >= 15 is 0 Å². The summed E-state index contributed by atoms with van der Waals surface area (Å²) in [6, 6.07) is 13.6. The Balaban J connectivity index is 1.78. The van der Waals surface area contributed by atoms with Crippen LogP contribution in [0.15, 0.2) is 53.7 Å². The first-order valence-electron chi connectivity index (χ1n) is 9.67. The molecule has 0 fully saturated rings. The minimum Gasteiger partial charge on any atom is -0.356 e. The van der Waals surface area contributed by atoms with Crippen molar-refractivity contribution in [1.29, 1.82) is 0 Å². The Morgan fingerprint density at radius 2 is 1.77 bits per heavy atom. The molecular formula is C22H23FN4O2S. The molecule has 0 aliphatic rings. The molecule has 156 valence electrons. The van der Waals surface area contributed by atoms with E-state index in [2.05, 4.69) is 22.4 Å². The Morgan fingerprint density at radius 3 is 2.40 bits per heavy atom. The highest BCUT2D eigenvalue weighted by Crippen LogP contribution is 2.23. The van der Waals surface area contributed by atoms with Gasteiger partial charge in [0.05, 0.1) is 5.75 Å². The number of amides is 1. The number of Topliss-reactive ketones (excluding diaryl/α,β-unsaturated/α-hetero) is 1. The Labute approximate surface area is 178 Å². The van der Waals surface area contributed by atoms with Crippen molar-refractivity contribution in [2.75, 3.05) is 12.3 Å². The molecule has 0 saturated heterocycles. The fourth-order valence-corrected chi connectivity index (χ4v) is 3.76. The standard InChI is InChI=1S/C22H23FN4O2S/c1-3-16-4-6-17(7-5-16)20(29)14-30-22-26-25-21(12-13-24-15(2)28)27(22)19-10-8-18(23)9-11-19/h4-11H,3,12-14H2,1-2H3,(H,24,28). The molecule has 0 saturated carbocycles. The summed E-state index contributed by atoms with van der Waals surface area (Å²) in [6.45, 7) is 3.92. The number of aromatic nitrogens is 3. The highest BCUT2D eigenvalue weighted by Gasteiger charge is 2.16. The maximum Gasteiger partial charge on any atom is 0.216 e. The number of carbonyl (C=O) groups excluding carboxylic acids is 2. The number of thioether (sulfide) groups is 1. The first kappa shape index (κ1) is 21.7. The van der Waals surface area contributed by atoms with Crippen LogP contribution in [0, 0.1) is 5.82 Å². The molecule has 0 aliphatic heterocycles. The number of nitrogens with zero attached hydrogens (tertiary/aromatic N) is 3. The van der Waals surface area contributed by atoms with Gasteiger partial charge >= 0.3 is 0 Å². The summed E-state index contributed by atoms with van der Waals surface area (Å²) in [4.78, 5) is 23.7. The Bertz CT molecular complexity index is 1020. The number of hydrogen-bond acceptors (Lipinski definition) is 5. The summed E-state index contributed by atoms with van der Waals surface area (Å²) in [6.07, 6.45) is 1.38. The molecule has 0 spiro atoms. The van der Waals surface area contributed by atoms with Crippen molar-refractivity contribution >= 4 is 23.5 Å². The summed E-state index contributed by atoms with van der Waals surface area (Å²) in [5, 5.41) is 11.7. The fourth-order valence-electron chi connectivity index (χ4n) is 2.90. The van der Waals surface area contributed by atoms with Gasteiger partial charge in [0.25, 0.3) is 0 Å². The van der Waals surface area contributed by atoms with E-state index < -0.39 is 0 Å². The molecule has 1 N–H and O–H groups in total. The summed E-state index contributed by atoms with van der Waals surface area (Å²) in [5.41, 5.74) is 2.53. The minimum atomic E-state index is -0.341. The van der Waals surface area contributed by atoms with Crippen LogP contribution < -0.4 is 5.32 Å². The van der Waals surface area contributed by atoms with Crippen molar-refractivity contribution in [2.24, 2.45) is 0 Å². The number of rotatable bonds is 9. The SMILES string of the molecule is CCc1ccc(C(=O)CSc2nnc(CCNC(C)=O)n2-c2ccc(F)cc2)cc1. The lowest BCUT2D eigenvalue weighted by molar-refractivity contribution is -0.118. The molecule has 2 aromatic carbocycles. The summed E-state index contributed by atoms with van der Waals surface area (Å²) < 4.78 is 15.2. The average molecular weight is 427 g/mol. The predicted octanol–water partition coefficient (Wildman–Crippen LogP) is 3.62. The zero-order valence-corrected chi connectivity index (χ0v) is 17.7. The predicted molar refractivity (Wildman–Crippen MR) is 115 cm³/mol. The third-order valence-corrected chi connectivity index (χ3v) is 5.45. The van der Waals surface area contributed by atoms with Crippen molar-refractivity contribution < 1.29 is 14.0 Å². The lowest BCUT2D eigenvalue weighted by atomic mass is 10.1. The topological polar surface area (TPSA) is 76.9 Å². The van der Waals surface area contributed by atoms with Gasteiger partial charge in [0.1, 0.15) is 11.6 Å². The number of carbonyl (C=O) groups is 2. The number of aryl methyl sites for hydroxylation is 1. The van der Waals surface area contributed by atoms with Gasteiger partial charge in [-0.15, -0.1) is 10.2 Å². The van der Waals surface area contributed by atoms with Gasteiger partial charge in [-0.1, -0.05) is 43.0 Å². The third kappa shape index (κ3) is 5.54. The van der Waals surface area contributed by atoms with E-state index in [1.807, 2.05) is 24.3 Å². The Morgan fingerprint density at radius 1 is 1.07 bits per heavy atom. The van der Waals surface area contributed by atoms with Gasteiger partial charge in [-0.25, -0.2) is 4.39 Å². The second-order valence-corrected chi connectivity index (χ2v) is 7.65. The molecule has 1 amide bonds. The summed E-state index contributed by atoms with van der Waals surface area (Å²) in [5.74, 6) is 0.355. The molecule has 0 atom stereocenters. The zero-order valence-electron chi connectivity index (χ0n) is 16.9. The monoisotopic (exact) mass is 426 g/mol. The number of halogens is 1. The molecule has 1 heterocycles. The van der Waals surface area contributed by atoms with Crippen LogP contribution in [-0.4, -0.2) is 38.8 Å². The van der Waals surface area contributed by atoms with E-state index in [4.69, 9.17) is 0 Å². The van der Waals surface area contributed by atoms with E-state index in [0.717, 1.165) is 6.42 Å². The molecule has 3 aromatic rings. The third-order valence-electron chi connectivity index (χ3n) is 4.52. The van der Waals surface area contributed by atoms with Gasteiger partial charge in [0.15, 0.2) is 10.9 Å². The van der Waals surface area contributed by atoms with Crippen molar-refractivity contribution in [3.05, 3.63) is 71.3 Å². The molecule has 30 heavy (non-hydrogen) atoms. The van der Waals surface area contributed by atoms with E-state index in [-0.39, 0.29) is 23.3 Å². The second-order valence-electron chi connectivity index (χ2n) is 6.71. The largest absolute Gasteiger partial charge is 0.356 e. The molecule has 0 bridgehead atoms. The zero-order chi connectivity index (χ0) is 21.5. The van der Waals surface area contributed by atoms with Gasteiger partial charge in [-0.2, -0.15) is 0 Å². The summed E-state index contributed by atoms with van der Waals surface area (Å²) >= 11 is 1.28. The summed E-state index contributed by atoms with van der Waals surface area (Å²) in [7, 11) is 0. The molecule has 3 rings (SSSR count). The Kier molecular flexibility index (Phi) is 7.35. The normalized spacial score (nSPS) is 10.8. The number of hydrogen-bond donors (Lipinski definition) is 1. The molecule has 1 aromatic heterocycles. The first-order valence-corrected chi connectivity index (χ1v) is 10.7. The van der Waals surface area contributed by atoms with Gasteiger partial charge in [0, 0.05) is 31.1 Å². The van der Waals surface area contributed by atoms with E-state index in [0.29, 0.717) is 35.2 Å². The van der Waals surface area contributed by atoms with Gasteiger partial charge in [0.2, 0.25) is 5.91 Å². The molecule has 0 aliphatic carbocycles. The maximum atomic E-state index is 13.4. The van der Waals surface area contributed by atoms with Crippen LogP contribution in [0.3, 0.4) is 0 Å². The minimum absolute atomic E-state index is 0.00361. The van der Waals surface area contributed by atoms with Crippen LogP contribution in [0.5, 0.6) is 0 Å². The second kappa shape index (κ2) is 10.2. The number of nitrogens with one attached hydrogen (secondary N) is 1. The van der Waals surface area contributed by atoms with Crippen molar-refractivity contribution in [2.45, 2.75) is 31.8 Å². The quantitative estimate of drug-likeness (QED) is 0.418. The highest BCUT2D eigenvalue weighted by atomic mass is 32.2. The molecular weight excluding hydrogens is 403 g/mol. The average Bonchev–Trinajstić information content (AvgIpc) is 3.15. The van der Waals surface area contributed by atoms with E-state index in [1.54, 1.807) is 16.7 Å². The van der Waals surface area contributed by atoms with E-state index in [9.17, 15) is 14.0 Å². The lowest BCUT2D eigenvalue weighted by Crippen LogP contribution is -2.23. The van der Waals surface area contributed by atoms with Crippen molar-refractivity contribution in [1.82, 2.24) is 20.1 Å². The van der Waals surface area contributed by atoms with E-state index in [1.165, 1.54) is 36.4 Å². The van der Waals surface area contributed by atoms with Gasteiger partial charge in [-0.05, 0) is 36.2 Å². The van der Waals surface area contributed by atoms with Crippen molar-refractivity contribution in [3.63, 3.8) is 0 Å². The van der Waals surface area contributed by atoms with Gasteiger partial charge in [-0.3, -0.25) is 14.2 Å². The fraction of sp³-hybridized carbons (Fsp3) is 0.273. The molecule has 6 nitrogen and oxygen atoms in total. The van der Waals surface area contributed by atoms with Crippen molar-refractivity contribution in [3.8, 4) is 5.69 Å². The smallest absolute Gasteiger partial charge is 0.216 e. The lowest BCUT2D eigenvalue weighted by Gasteiger charge is -2.10. The molecule has 0 unspecified atom stereocenters. The van der Waals surface area contributed by atoms with Gasteiger partial charge < -0.3 is 5.32 Å². The number of benzene rings is 2. The molecule has 0 radical (unpaired) electrons. The van der Waals surface area contributed by atoms with Crippen LogP contribution in [0.1, 0.15) is 35.6 Å². The molecule has 8 heteroatoms. The first-order chi connectivity index (χ1) is 14.5.